The maximum atomic E-state index is 12.6. The summed E-state index contributed by atoms with van der Waals surface area (Å²) in [7, 11) is 0. The molecule has 0 bridgehead atoms. The van der Waals surface area contributed by atoms with Crippen molar-refractivity contribution in [2.75, 3.05) is 26.3 Å². The van der Waals surface area contributed by atoms with Gasteiger partial charge in [-0.25, -0.2) is 0 Å². The van der Waals surface area contributed by atoms with Gasteiger partial charge in [0.2, 0.25) is 5.91 Å². The summed E-state index contributed by atoms with van der Waals surface area (Å²) in [4.78, 5) is 12.6. The minimum Gasteiger partial charge on any atom is -0.381 e. The first-order chi connectivity index (χ1) is 14.3. The molecule has 166 valence electrons. The van der Waals surface area contributed by atoms with Crippen LogP contribution < -0.4 is 16.4 Å². The summed E-state index contributed by atoms with van der Waals surface area (Å²) in [6, 6.07) is 10.0. The minimum atomic E-state index is -0.175. The summed E-state index contributed by atoms with van der Waals surface area (Å²) < 4.78 is 5.69. The monoisotopic (exact) mass is 405 g/mol. The van der Waals surface area contributed by atoms with Crippen LogP contribution in [0.1, 0.15) is 76.7 Å². The second-order valence-corrected chi connectivity index (χ2v) is 7.73. The summed E-state index contributed by atoms with van der Waals surface area (Å²) >= 11 is 0. The van der Waals surface area contributed by atoms with Gasteiger partial charge in [0.25, 0.3) is 0 Å². The van der Waals surface area contributed by atoms with Crippen LogP contribution in [-0.4, -0.2) is 38.3 Å². The van der Waals surface area contributed by atoms with Crippen molar-refractivity contribution in [1.82, 2.24) is 10.6 Å². The third-order valence-electron chi connectivity index (χ3n) is 5.07. The zero-order chi connectivity index (χ0) is 21.0. The maximum absolute atomic E-state index is 12.6. The first kappa shape index (κ1) is 25.6. The molecule has 0 fully saturated rings. The highest BCUT2D eigenvalue weighted by Crippen LogP contribution is 2.06. The van der Waals surface area contributed by atoms with Gasteiger partial charge in [-0.1, -0.05) is 75.8 Å². The molecule has 0 aliphatic carbocycles. The smallest absolute Gasteiger partial charge is 0.237 e. The standard InChI is InChI=1S/C24H43N3O2/c1-2-3-4-5-6-12-19-29-20-13-18-26-24(28)23(16-10-11-17-25)27-21-22-14-8-7-9-15-22/h7-9,14-15,23,27H,2-6,10-13,16-21,25H2,1H3,(H,26,28)/t23-/m0/s1. The van der Waals surface area contributed by atoms with Gasteiger partial charge in [0.15, 0.2) is 0 Å². The second kappa shape index (κ2) is 18.6. The largest absolute Gasteiger partial charge is 0.381 e. The number of hydrogen-bond acceptors (Lipinski definition) is 4. The molecule has 0 saturated heterocycles. The van der Waals surface area contributed by atoms with Crippen molar-refractivity contribution < 1.29 is 9.53 Å². The molecule has 0 spiro atoms. The Hall–Kier alpha value is -1.43. The molecule has 0 saturated carbocycles. The zero-order valence-corrected chi connectivity index (χ0v) is 18.5. The van der Waals surface area contributed by atoms with Crippen LogP contribution in [0.5, 0.6) is 0 Å². The molecule has 0 radical (unpaired) electrons. The average molecular weight is 406 g/mol. The molecule has 4 N–H and O–H groups in total. The van der Waals surface area contributed by atoms with Crippen LogP contribution in [0.25, 0.3) is 0 Å². The molecule has 1 amide bonds. The number of nitrogens with one attached hydrogen (secondary N) is 2. The van der Waals surface area contributed by atoms with Gasteiger partial charge >= 0.3 is 0 Å². The Morgan fingerprint density at radius 2 is 1.69 bits per heavy atom. The van der Waals surface area contributed by atoms with E-state index >= 15 is 0 Å². The molecule has 0 aliphatic heterocycles. The lowest BCUT2D eigenvalue weighted by Gasteiger charge is -2.18. The van der Waals surface area contributed by atoms with Crippen LogP contribution in [0.3, 0.4) is 0 Å². The number of nitrogens with two attached hydrogens (primary N) is 1. The van der Waals surface area contributed by atoms with E-state index in [-0.39, 0.29) is 11.9 Å². The van der Waals surface area contributed by atoms with E-state index in [9.17, 15) is 4.79 Å². The summed E-state index contributed by atoms with van der Waals surface area (Å²) in [5.74, 6) is 0.0777. The Morgan fingerprint density at radius 3 is 2.45 bits per heavy atom. The lowest BCUT2D eigenvalue weighted by molar-refractivity contribution is -0.123. The predicted molar refractivity (Wildman–Crippen MR) is 122 cm³/mol. The number of benzene rings is 1. The number of rotatable bonds is 19. The summed E-state index contributed by atoms with van der Waals surface area (Å²) in [5.41, 5.74) is 6.79. The number of unbranched alkanes of at least 4 members (excludes halogenated alkanes) is 6. The molecule has 1 rings (SSSR count). The Bertz CT molecular complexity index is 496. The fourth-order valence-electron chi connectivity index (χ4n) is 3.25. The van der Waals surface area contributed by atoms with Crippen molar-refractivity contribution >= 4 is 5.91 Å². The van der Waals surface area contributed by atoms with E-state index in [0.29, 0.717) is 26.2 Å². The van der Waals surface area contributed by atoms with Crippen LogP contribution in [0, 0.1) is 0 Å². The van der Waals surface area contributed by atoms with Crippen molar-refractivity contribution in [2.24, 2.45) is 5.73 Å². The van der Waals surface area contributed by atoms with E-state index in [1.807, 2.05) is 18.2 Å². The van der Waals surface area contributed by atoms with Crippen molar-refractivity contribution in [2.45, 2.75) is 83.7 Å². The molecule has 29 heavy (non-hydrogen) atoms. The first-order valence-electron chi connectivity index (χ1n) is 11.6. The highest BCUT2D eigenvalue weighted by atomic mass is 16.5. The topological polar surface area (TPSA) is 76.4 Å². The molecule has 5 nitrogen and oxygen atoms in total. The zero-order valence-electron chi connectivity index (χ0n) is 18.5. The third kappa shape index (κ3) is 14.2. The number of hydrogen-bond donors (Lipinski definition) is 3. The first-order valence-corrected chi connectivity index (χ1v) is 11.6. The highest BCUT2D eigenvalue weighted by molar-refractivity contribution is 5.81. The van der Waals surface area contributed by atoms with E-state index in [2.05, 4.69) is 29.7 Å². The number of carbonyl (C=O) groups excluding carboxylic acids is 1. The van der Waals surface area contributed by atoms with Crippen LogP contribution in [-0.2, 0) is 16.1 Å². The third-order valence-corrected chi connectivity index (χ3v) is 5.07. The molecule has 1 aromatic rings. The van der Waals surface area contributed by atoms with Gasteiger partial charge in [-0.15, -0.1) is 0 Å². The van der Waals surface area contributed by atoms with Crippen molar-refractivity contribution in [3.05, 3.63) is 35.9 Å². The van der Waals surface area contributed by atoms with Crippen LogP contribution in [0.15, 0.2) is 30.3 Å². The molecule has 0 aromatic heterocycles. The summed E-state index contributed by atoms with van der Waals surface area (Å²) in [6.45, 7) is 5.82. The number of carbonyl (C=O) groups is 1. The van der Waals surface area contributed by atoms with E-state index < -0.39 is 0 Å². The SMILES string of the molecule is CCCCCCCCOCCCNC(=O)[C@H](CCCCN)NCc1ccccc1. The molecule has 1 atom stereocenters. The second-order valence-electron chi connectivity index (χ2n) is 7.73. The summed E-state index contributed by atoms with van der Waals surface area (Å²) in [6.07, 6.45) is 11.3. The Morgan fingerprint density at radius 1 is 0.966 bits per heavy atom. The van der Waals surface area contributed by atoms with Crippen molar-refractivity contribution in [1.29, 1.82) is 0 Å². The van der Waals surface area contributed by atoms with Crippen molar-refractivity contribution in [3.8, 4) is 0 Å². The van der Waals surface area contributed by atoms with E-state index in [1.54, 1.807) is 0 Å². The van der Waals surface area contributed by atoms with E-state index in [4.69, 9.17) is 10.5 Å². The van der Waals surface area contributed by atoms with E-state index in [0.717, 1.165) is 38.7 Å². The van der Waals surface area contributed by atoms with Gasteiger partial charge < -0.3 is 21.1 Å². The molecule has 5 heteroatoms. The normalized spacial score (nSPS) is 12.1. The average Bonchev–Trinajstić information content (AvgIpc) is 2.75. The number of ether oxygens (including phenoxy) is 1. The highest BCUT2D eigenvalue weighted by Gasteiger charge is 2.16. The quantitative estimate of drug-likeness (QED) is 0.302. The minimum absolute atomic E-state index is 0.0777. The van der Waals surface area contributed by atoms with E-state index in [1.165, 1.54) is 37.7 Å². The predicted octanol–water partition coefficient (Wildman–Crippen LogP) is 4.16. The van der Waals surface area contributed by atoms with Crippen LogP contribution in [0.4, 0.5) is 0 Å². The Labute approximate surface area is 178 Å². The fraction of sp³-hybridized carbons (Fsp3) is 0.708. The molecule has 0 heterocycles. The molecular formula is C24H43N3O2. The van der Waals surface area contributed by atoms with Gasteiger partial charge in [0.05, 0.1) is 6.04 Å². The Balaban J connectivity index is 2.15. The lowest BCUT2D eigenvalue weighted by Crippen LogP contribution is -2.44. The molecule has 0 aliphatic rings. The lowest BCUT2D eigenvalue weighted by atomic mass is 10.1. The molecular weight excluding hydrogens is 362 g/mol. The number of amides is 1. The van der Waals surface area contributed by atoms with Gasteiger partial charge in [-0.05, 0) is 37.8 Å². The molecule has 0 unspecified atom stereocenters. The van der Waals surface area contributed by atoms with Gasteiger partial charge in [-0.2, -0.15) is 0 Å². The maximum Gasteiger partial charge on any atom is 0.237 e. The van der Waals surface area contributed by atoms with Gasteiger partial charge in [0, 0.05) is 26.3 Å². The van der Waals surface area contributed by atoms with Crippen molar-refractivity contribution in [3.63, 3.8) is 0 Å². The van der Waals surface area contributed by atoms with Crippen LogP contribution >= 0.6 is 0 Å². The molecule has 1 aromatic carbocycles. The van der Waals surface area contributed by atoms with Gasteiger partial charge in [0.1, 0.15) is 0 Å². The van der Waals surface area contributed by atoms with Crippen LogP contribution in [0.2, 0.25) is 0 Å². The summed E-state index contributed by atoms with van der Waals surface area (Å²) in [5, 5.41) is 6.46. The fourth-order valence-corrected chi connectivity index (χ4v) is 3.25. The van der Waals surface area contributed by atoms with Gasteiger partial charge in [-0.3, -0.25) is 4.79 Å². The Kier molecular flexibility index (Phi) is 16.4.